The van der Waals surface area contributed by atoms with Crippen LogP contribution in [0.2, 0.25) is 10.0 Å². The van der Waals surface area contributed by atoms with E-state index in [1.54, 1.807) is 32.4 Å². The molecule has 1 saturated heterocycles. The number of ether oxygens (including phenoxy) is 2. The first-order valence-electron chi connectivity index (χ1n) is 11.7. The van der Waals surface area contributed by atoms with E-state index >= 15 is 0 Å². The van der Waals surface area contributed by atoms with Gasteiger partial charge in [-0.05, 0) is 61.9 Å². The van der Waals surface area contributed by atoms with Crippen molar-refractivity contribution < 1.29 is 14.3 Å². The molecule has 0 spiro atoms. The number of hydrogen-bond acceptors (Lipinski definition) is 4. The van der Waals surface area contributed by atoms with E-state index in [2.05, 4.69) is 35.4 Å². The molecule has 1 fully saturated rings. The van der Waals surface area contributed by atoms with Crippen LogP contribution < -0.4 is 20.1 Å². The van der Waals surface area contributed by atoms with Crippen LogP contribution in [-0.2, 0) is 6.42 Å². The Hall–Kier alpha value is -2.15. The maximum absolute atomic E-state index is 12.7. The fourth-order valence-electron chi connectivity index (χ4n) is 4.29. The Morgan fingerprint density at radius 2 is 1.68 bits per heavy atom. The lowest BCUT2D eigenvalue weighted by Crippen LogP contribution is -2.49. The van der Waals surface area contributed by atoms with Gasteiger partial charge in [-0.3, -0.25) is 0 Å². The first-order chi connectivity index (χ1) is 16.3. The molecule has 0 aromatic heterocycles. The molecule has 0 saturated carbocycles. The van der Waals surface area contributed by atoms with Crippen LogP contribution in [0.1, 0.15) is 32.3 Å². The van der Waals surface area contributed by atoms with Crippen LogP contribution in [0.5, 0.6) is 11.5 Å². The quantitative estimate of drug-likeness (QED) is 0.429. The smallest absolute Gasteiger partial charge is 0.319 e. The van der Waals surface area contributed by atoms with Crippen molar-refractivity contribution in [1.29, 1.82) is 0 Å². The van der Waals surface area contributed by atoms with Gasteiger partial charge in [-0.2, -0.15) is 0 Å². The Kier molecular flexibility index (Phi) is 9.74. The molecule has 1 heterocycles. The summed E-state index contributed by atoms with van der Waals surface area (Å²) < 4.78 is 10.6. The molecular weight excluding hydrogens is 473 g/mol. The average Bonchev–Trinajstić information content (AvgIpc) is 2.81. The van der Waals surface area contributed by atoms with Gasteiger partial charge in [-0.15, -0.1) is 0 Å². The van der Waals surface area contributed by atoms with Gasteiger partial charge in [0.25, 0.3) is 0 Å². The second-order valence-corrected chi connectivity index (χ2v) is 10.1. The summed E-state index contributed by atoms with van der Waals surface area (Å²) in [4.78, 5) is 15.2. The van der Waals surface area contributed by atoms with Crippen molar-refractivity contribution in [3.63, 3.8) is 0 Å². The van der Waals surface area contributed by atoms with Gasteiger partial charge in [0.2, 0.25) is 0 Å². The first-order valence-corrected chi connectivity index (χ1v) is 12.5. The number of carbonyl (C=O) groups is 1. The monoisotopic (exact) mass is 507 g/mol. The van der Waals surface area contributed by atoms with Crippen LogP contribution in [0.4, 0.5) is 10.5 Å². The van der Waals surface area contributed by atoms with Crippen molar-refractivity contribution in [3.05, 3.63) is 52.0 Å². The minimum Gasteiger partial charge on any atom is -0.497 e. The van der Waals surface area contributed by atoms with Gasteiger partial charge >= 0.3 is 6.03 Å². The number of anilines is 1. The van der Waals surface area contributed by atoms with Crippen LogP contribution in [0.15, 0.2) is 36.4 Å². The average molecular weight is 508 g/mol. The molecule has 0 bridgehead atoms. The lowest BCUT2D eigenvalue weighted by atomic mass is 9.89. The third-order valence-electron chi connectivity index (χ3n) is 6.40. The molecule has 186 valence electrons. The van der Waals surface area contributed by atoms with Crippen LogP contribution in [-0.4, -0.2) is 50.8 Å². The highest BCUT2D eigenvalue weighted by atomic mass is 35.5. The van der Waals surface area contributed by atoms with Crippen molar-refractivity contribution in [1.82, 2.24) is 10.2 Å². The zero-order valence-corrected chi connectivity index (χ0v) is 21.9. The molecule has 2 N–H and O–H groups in total. The molecular formula is C26H35Cl2N3O3. The van der Waals surface area contributed by atoms with Gasteiger partial charge in [-0.1, -0.05) is 43.1 Å². The van der Waals surface area contributed by atoms with Crippen molar-refractivity contribution in [2.75, 3.05) is 39.2 Å². The number of methoxy groups -OCH3 is 2. The van der Waals surface area contributed by atoms with Crippen LogP contribution >= 0.6 is 23.2 Å². The van der Waals surface area contributed by atoms with E-state index in [-0.39, 0.29) is 12.1 Å². The molecule has 8 heteroatoms. The van der Waals surface area contributed by atoms with Crippen molar-refractivity contribution in [3.8, 4) is 11.5 Å². The lowest BCUT2D eigenvalue weighted by molar-refractivity contribution is 0.157. The molecule has 3 rings (SSSR count). The topological polar surface area (TPSA) is 62.8 Å². The van der Waals surface area contributed by atoms with E-state index in [0.717, 1.165) is 38.9 Å². The van der Waals surface area contributed by atoms with Crippen LogP contribution in [0.25, 0.3) is 0 Å². The molecule has 2 aromatic carbocycles. The maximum Gasteiger partial charge on any atom is 0.319 e. The summed E-state index contributed by atoms with van der Waals surface area (Å²) >= 11 is 12.2. The summed E-state index contributed by atoms with van der Waals surface area (Å²) in [7, 11) is 3.17. The molecule has 0 unspecified atom stereocenters. The van der Waals surface area contributed by atoms with Gasteiger partial charge < -0.3 is 25.0 Å². The van der Waals surface area contributed by atoms with E-state index in [1.165, 1.54) is 5.56 Å². The summed E-state index contributed by atoms with van der Waals surface area (Å²) in [5.74, 6) is 2.18. The second kappa shape index (κ2) is 12.5. The molecule has 2 aromatic rings. The highest BCUT2D eigenvalue weighted by Gasteiger charge is 2.24. The molecule has 34 heavy (non-hydrogen) atoms. The van der Waals surface area contributed by atoms with E-state index < -0.39 is 0 Å². The minimum absolute atomic E-state index is 0.0409. The van der Waals surface area contributed by atoms with Crippen LogP contribution in [0, 0.1) is 11.8 Å². The molecule has 6 nitrogen and oxygen atoms in total. The van der Waals surface area contributed by atoms with Gasteiger partial charge in [0.05, 0.1) is 24.3 Å². The van der Waals surface area contributed by atoms with Gasteiger partial charge in [0.1, 0.15) is 11.5 Å². The number of hydrogen-bond donors (Lipinski definition) is 2. The van der Waals surface area contributed by atoms with Gasteiger partial charge in [0, 0.05) is 36.5 Å². The number of benzene rings is 2. The number of amides is 2. The Labute approximate surface area is 212 Å². The zero-order valence-electron chi connectivity index (χ0n) is 20.4. The fraction of sp³-hybridized carbons (Fsp3) is 0.500. The van der Waals surface area contributed by atoms with Crippen molar-refractivity contribution in [2.24, 2.45) is 11.8 Å². The maximum atomic E-state index is 12.7. The number of nitrogens with one attached hydrogen (secondary N) is 2. The van der Waals surface area contributed by atoms with Gasteiger partial charge in [0.15, 0.2) is 0 Å². The number of nitrogens with zero attached hydrogens (tertiary/aromatic N) is 1. The highest BCUT2D eigenvalue weighted by molar-refractivity contribution is 6.42. The molecule has 1 aliphatic rings. The van der Waals surface area contributed by atoms with E-state index in [0.29, 0.717) is 39.1 Å². The number of piperidine rings is 1. The normalized spacial score (nSPS) is 15.7. The molecule has 1 aliphatic heterocycles. The zero-order chi connectivity index (χ0) is 24.7. The Morgan fingerprint density at radius 1 is 1.03 bits per heavy atom. The molecule has 2 amide bonds. The molecule has 1 atom stereocenters. The van der Waals surface area contributed by atoms with E-state index in [1.807, 2.05) is 12.1 Å². The lowest BCUT2D eigenvalue weighted by Gasteiger charge is -2.35. The highest BCUT2D eigenvalue weighted by Crippen LogP contribution is 2.28. The number of likely N-dealkylation sites (tertiary alicyclic amines) is 1. The fourth-order valence-corrected chi connectivity index (χ4v) is 4.61. The van der Waals surface area contributed by atoms with Crippen LogP contribution in [0.3, 0.4) is 0 Å². The number of halogens is 2. The first kappa shape index (κ1) is 26.5. The predicted molar refractivity (Wildman–Crippen MR) is 140 cm³/mol. The van der Waals surface area contributed by atoms with Crippen molar-refractivity contribution in [2.45, 2.75) is 39.2 Å². The largest absolute Gasteiger partial charge is 0.497 e. The second-order valence-electron chi connectivity index (χ2n) is 9.25. The Morgan fingerprint density at radius 3 is 2.24 bits per heavy atom. The van der Waals surface area contributed by atoms with Crippen molar-refractivity contribution >= 4 is 34.9 Å². The van der Waals surface area contributed by atoms with E-state index in [9.17, 15) is 4.79 Å². The summed E-state index contributed by atoms with van der Waals surface area (Å²) in [6, 6.07) is 11.0. The molecule has 0 radical (unpaired) electrons. The minimum atomic E-state index is -0.233. The Bertz CT molecular complexity index is 940. The number of carbonyl (C=O) groups excluding carboxylic acids is 1. The summed E-state index contributed by atoms with van der Waals surface area (Å²) in [6.07, 6.45) is 3.27. The summed E-state index contributed by atoms with van der Waals surface area (Å²) in [5, 5.41) is 7.28. The number of urea groups is 1. The van der Waals surface area contributed by atoms with E-state index in [4.69, 9.17) is 32.7 Å². The summed E-state index contributed by atoms with van der Waals surface area (Å²) in [5.41, 5.74) is 1.86. The van der Waals surface area contributed by atoms with Gasteiger partial charge in [-0.25, -0.2) is 4.79 Å². The summed E-state index contributed by atoms with van der Waals surface area (Å²) in [6.45, 7) is 7.14. The SMILES string of the molecule is COc1cc(NC(=O)N[C@@H](CN2CCC(Cc3ccc(Cl)c(Cl)c3)CC2)C(C)C)cc(OC)c1. The Balaban J connectivity index is 1.50. The molecule has 0 aliphatic carbocycles. The standard InChI is InChI=1S/C26H35Cl2N3O3/c1-17(2)25(30-26(32)29-20-13-21(33-3)15-22(14-20)34-4)16-31-9-7-18(8-10-31)11-19-5-6-23(27)24(28)12-19/h5-6,12-15,17-18,25H,7-11,16H2,1-4H3,(H2,29,30,32)/t25-/m0/s1. The predicted octanol–water partition coefficient (Wildman–Crippen LogP) is 6.11. The number of rotatable bonds is 9. The third kappa shape index (κ3) is 7.69. The third-order valence-corrected chi connectivity index (χ3v) is 7.14.